The second-order valence-electron chi connectivity index (χ2n) is 5.78. The number of rotatable bonds is 7. The van der Waals surface area contributed by atoms with E-state index in [1.807, 2.05) is 0 Å². The molecular weight excluding hydrogens is 274 g/mol. The minimum Gasteiger partial charge on any atom is -0.385 e. The molecule has 0 aliphatic heterocycles. The highest BCUT2D eigenvalue weighted by Crippen LogP contribution is 2.31. The van der Waals surface area contributed by atoms with Gasteiger partial charge in [-0.3, -0.25) is 4.99 Å². The van der Waals surface area contributed by atoms with Crippen LogP contribution in [0, 0.1) is 0 Å². The molecule has 0 bridgehead atoms. The van der Waals surface area contributed by atoms with Crippen LogP contribution in [-0.4, -0.2) is 39.3 Å². The summed E-state index contributed by atoms with van der Waals surface area (Å²) >= 11 is 0. The number of hydrogen-bond acceptors (Lipinski definition) is 2. The summed E-state index contributed by atoms with van der Waals surface area (Å²) in [6, 6.07) is 8.83. The standard InChI is InChI=1S/C18H29N3O/c1-3-19-18(20-12-7-13-22-2)21-14-16-10-6-9-15-8-4-5-11-17(15)16/h4-5,8,11,16H,3,6-7,9-10,12-14H2,1-2H3,(H2,19,20,21). The van der Waals surface area contributed by atoms with Gasteiger partial charge in [-0.05, 0) is 43.7 Å². The fourth-order valence-corrected chi connectivity index (χ4v) is 3.01. The SMILES string of the molecule is CCNC(=NCC1CCCc2ccccc21)NCCCOC. The minimum absolute atomic E-state index is 0.555. The zero-order valence-electron chi connectivity index (χ0n) is 13.9. The van der Waals surface area contributed by atoms with E-state index in [1.165, 1.54) is 30.4 Å². The Morgan fingerprint density at radius 1 is 1.32 bits per heavy atom. The zero-order chi connectivity index (χ0) is 15.6. The molecule has 1 aromatic carbocycles. The molecule has 0 saturated carbocycles. The van der Waals surface area contributed by atoms with Crippen molar-refractivity contribution in [3.8, 4) is 0 Å². The molecule has 1 atom stereocenters. The minimum atomic E-state index is 0.555. The van der Waals surface area contributed by atoms with Crippen LogP contribution < -0.4 is 10.6 Å². The Labute approximate surface area is 134 Å². The third-order valence-electron chi connectivity index (χ3n) is 4.13. The van der Waals surface area contributed by atoms with E-state index >= 15 is 0 Å². The van der Waals surface area contributed by atoms with Crippen molar-refractivity contribution in [2.75, 3.05) is 33.4 Å². The van der Waals surface area contributed by atoms with Gasteiger partial charge in [0, 0.05) is 39.3 Å². The molecule has 0 saturated heterocycles. The molecule has 1 aliphatic rings. The molecule has 0 spiro atoms. The van der Waals surface area contributed by atoms with Crippen molar-refractivity contribution < 1.29 is 4.74 Å². The summed E-state index contributed by atoms with van der Waals surface area (Å²) < 4.78 is 5.08. The quantitative estimate of drug-likeness (QED) is 0.462. The summed E-state index contributed by atoms with van der Waals surface area (Å²) in [7, 11) is 1.74. The normalized spacial score (nSPS) is 17.9. The van der Waals surface area contributed by atoms with Gasteiger partial charge in [-0.15, -0.1) is 0 Å². The Morgan fingerprint density at radius 3 is 3.00 bits per heavy atom. The van der Waals surface area contributed by atoms with Gasteiger partial charge in [-0.1, -0.05) is 24.3 Å². The van der Waals surface area contributed by atoms with Gasteiger partial charge in [0.1, 0.15) is 0 Å². The van der Waals surface area contributed by atoms with Gasteiger partial charge in [0.05, 0.1) is 0 Å². The van der Waals surface area contributed by atoms with Crippen molar-refractivity contribution in [1.29, 1.82) is 0 Å². The van der Waals surface area contributed by atoms with Crippen LogP contribution in [0.2, 0.25) is 0 Å². The van der Waals surface area contributed by atoms with Crippen LogP contribution in [0.15, 0.2) is 29.3 Å². The van der Waals surface area contributed by atoms with Crippen LogP contribution in [0.4, 0.5) is 0 Å². The third kappa shape index (κ3) is 5.02. The number of ether oxygens (including phenoxy) is 1. The Kier molecular flexibility index (Phi) is 7.23. The Bertz CT molecular complexity index is 473. The molecule has 0 aromatic heterocycles. The number of aryl methyl sites for hydroxylation is 1. The fraction of sp³-hybridized carbons (Fsp3) is 0.611. The van der Waals surface area contributed by atoms with E-state index in [2.05, 4.69) is 41.8 Å². The molecule has 4 nitrogen and oxygen atoms in total. The van der Waals surface area contributed by atoms with Crippen molar-refractivity contribution in [3.05, 3.63) is 35.4 Å². The summed E-state index contributed by atoms with van der Waals surface area (Å²) in [6.07, 6.45) is 4.72. The average molecular weight is 303 g/mol. The molecule has 122 valence electrons. The molecule has 1 aliphatic carbocycles. The van der Waals surface area contributed by atoms with Crippen molar-refractivity contribution in [1.82, 2.24) is 10.6 Å². The van der Waals surface area contributed by atoms with Crippen LogP contribution in [0.3, 0.4) is 0 Å². The molecule has 0 fully saturated rings. The van der Waals surface area contributed by atoms with Crippen LogP contribution in [0.25, 0.3) is 0 Å². The summed E-state index contributed by atoms with van der Waals surface area (Å²) in [5, 5.41) is 6.70. The lowest BCUT2D eigenvalue weighted by Crippen LogP contribution is -2.38. The van der Waals surface area contributed by atoms with E-state index < -0.39 is 0 Å². The maximum atomic E-state index is 5.08. The molecular formula is C18H29N3O. The highest BCUT2D eigenvalue weighted by Gasteiger charge is 2.19. The number of aliphatic imine (C=N–C) groups is 1. The molecule has 4 heteroatoms. The Hall–Kier alpha value is -1.55. The fourth-order valence-electron chi connectivity index (χ4n) is 3.01. The molecule has 0 radical (unpaired) electrons. The van der Waals surface area contributed by atoms with Gasteiger partial charge in [0.25, 0.3) is 0 Å². The van der Waals surface area contributed by atoms with Crippen LogP contribution in [0.5, 0.6) is 0 Å². The van der Waals surface area contributed by atoms with Gasteiger partial charge in [0.15, 0.2) is 5.96 Å². The average Bonchev–Trinajstić information content (AvgIpc) is 2.56. The largest absolute Gasteiger partial charge is 0.385 e. The van der Waals surface area contributed by atoms with Crippen LogP contribution in [0.1, 0.15) is 43.2 Å². The summed E-state index contributed by atoms with van der Waals surface area (Å²) in [5.41, 5.74) is 3.00. The summed E-state index contributed by atoms with van der Waals surface area (Å²) in [6.45, 7) is 5.51. The first-order valence-electron chi connectivity index (χ1n) is 8.44. The van der Waals surface area contributed by atoms with Gasteiger partial charge in [-0.25, -0.2) is 0 Å². The number of nitrogens with one attached hydrogen (secondary N) is 2. The van der Waals surface area contributed by atoms with Crippen molar-refractivity contribution >= 4 is 5.96 Å². The number of benzene rings is 1. The Morgan fingerprint density at radius 2 is 2.18 bits per heavy atom. The Balaban J connectivity index is 1.92. The van der Waals surface area contributed by atoms with E-state index in [1.54, 1.807) is 7.11 Å². The molecule has 1 unspecified atom stereocenters. The summed E-state index contributed by atoms with van der Waals surface area (Å²) in [5.74, 6) is 1.47. The number of hydrogen-bond donors (Lipinski definition) is 2. The molecule has 1 aromatic rings. The topological polar surface area (TPSA) is 45.7 Å². The summed E-state index contributed by atoms with van der Waals surface area (Å²) in [4.78, 5) is 4.79. The second kappa shape index (κ2) is 9.46. The van der Waals surface area contributed by atoms with Crippen molar-refractivity contribution in [3.63, 3.8) is 0 Å². The number of guanidine groups is 1. The van der Waals surface area contributed by atoms with E-state index in [9.17, 15) is 0 Å². The van der Waals surface area contributed by atoms with E-state index in [0.717, 1.165) is 38.6 Å². The monoisotopic (exact) mass is 303 g/mol. The van der Waals surface area contributed by atoms with Crippen molar-refractivity contribution in [2.24, 2.45) is 4.99 Å². The number of nitrogens with zero attached hydrogens (tertiary/aromatic N) is 1. The first-order valence-corrected chi connectivity index (χ1v) is 8.44. The highest BCUT2D eigenvalue weighted by molar-refractivity contribution is 5.79. The van der Waals surface area contributed by atoms with E-state index in [4.69, 9.17) is 9.73 Å². The lowest BCUT2D eigenvalue weighted by atomic mass is 9.83. The van der Waals surface area contributed by atoms with Gasteiger partial charge in [0.2, 0.25) is 0 Å². The van der Waals surface area contributed by atoms with Gasteiger partial charge < -0.3 is 15.4 Å². The van der Waals surface area contributed by atoms with Gasteiger partial charge in [-0.2, -0.15) is 0 Å². The maximum Gasteiger partial charge on any atom is 0.191 e. The number of methoxy groups -OCH3 is 1. The molecule has 0 heterocycles. The third-order valence-corrected chi connectivity index (χ3v) is 4.13. The molecule has 2 N–H and O–H groups in total. The maximum absolute atomic E-state index is 5.08. The van der Waals surface area contributed by atoms with E-state index in [-0.39, 0.29) is 0 Å². The van der Waals surface area contributed by atoms with Crippen LogP contribution >= 0.6 is 0 Å². The predicted octanol–water partition coefficient (Wildman–Crippen LogP) is 2.70. The molecule has 0 amide bonds. The predicted molar refractivity (Wildman–Crippen MR) is 92.6 cm³/mol. The molecule has 22 heavy (non-hydrogen) atoms. The van der Waals surface area contributed by atoms with Crippen LogP contribution in [-0.2, 0) is 11.2 Å². The lowest BCUT2D eigenvalue weighted by molar-refractivity contribution is 0.195. The highest BCUT2D eigenvalue weighted by atomic mass is 16.5. The first-order chi connectivity index (χ1) is 10.8. The first kappa shape index (κ1) is 16.8. The second-order valence-corrected chi connectivity index (χ2v) is 5.78. The zero-order valence-corrected chi connectivity index (χ0v) is 13.9. The smallest absolute Gasteiger partial charge is 0.191 e. The molecule has 2 rings (SSSR count). The number of fused-ring (bicyclic) bond motifs is 1. The lowest BCUT2D eigenvalue weighted by Gasteiger charge is -2.24. The van der Waals surface area contributed by atoms with E-state index in [0.29, 0.717) is 5.92 Å². The van der Waals surface area contributed by atoms with Gasteiger partial charge >= 0.3 is 0 Å². The van der Waals surface area contributed by atoms with Crippen molar-refractivity contribution in [2.45, 2.75) is 38.5 Å².